The van der Waals surface area contributed by atoms with Crippen molar-refractivity contribution in [3.8, 4) is 0 Å². The quantitative estimate of drug-likeness (QED) is 0.925. The highest BCUT2D eigenvalue weighted by molar-refractivity contribution is 8.00. The average Bonchev–Trinajstić information content (AvgIpc) is 2.45. The topological polar surface area (TPSA) is 66.1 Å². The smallest absolute Gasteiger partial charge is 0.277 e. The summed E-state index contributed by atoms with van der Waals surface area (Å²) in [5.74, 6) is -0.149. The molecule has 6 heteroatoms. The molecule has 2 heterocycles. The molecule has 1 saturated heterocycles. The van der Waals surface area contributed by atoms with Crippen molar-refractivity contribution in [3.05, 3.63) is 27.2 Å². The van der Waals surface area contributed by atoms with Crippen molar-refractivity contribution in [2.45, 2.75) is 51.0 Å². The number of H-pyrrole nitrogens is 1. The first-order valence-electron chi connectivity index (χ1n) is 7.53. The van der Waals surface area contributed by atoms with E-state index in [0.717, 1.165) is 11.3 Å². The predicted octanol–water partition coefficient (Wildman–Crippen LogP) is 1.86. The number of nitrogens with zero attached hydrogens (tertiary/aromatic N) is 2. The number of carbonyl (C=O) groups is 1. The van der Waals surface area contributed by atoms with Gasteiger partial charge in [0.05, 0.1) is 5.69 Å². The summed E-state index contributed by atoms with van der Waals surface area (Å²) in [6.07, 6.45) is 1.36. The molecule has 1 amide bonds. The summed E-state index contributed by atoms with van der Waals surface area (Å²) in [5.41, 5.74) is 1.53. The molecule has 1 N–H and O–H groups in total. The Morgan fingerprint density at radius 2 is 1.90 bits per heavy atom. The lowest BCUT2D eigenvalue weighted by Gasteiger charge is -2.34. The van der Waals surface area contributed by atoms with Crippen molar-refractivity contribution in [1.29, 1.82) is 0 Å². The standard InChI is InChI=1S/C15H23N3O2S/c1-5-11-12(6-2)16-17-14(19)13(11)15(20)18-7-9(3)21-10(4)8-18/h9-10H,5-8H2,1-4H3,(H,17,19). The van der Waals surface area contributed by atoms with Gasteiger partial charge in [-0.25, -0.2) is 5.10 Å². The normalized spacial score (nSPS) is 22.4. The van der Waals surface area contributed by atoms with Crippen LogP contribution in [0.1, 0.15) is 49.3 Å². The minimum absolute atomic E-state index is 0.149. The fourth-order valence-electron chi connectivity index (χ4n) is 2.92. The van der Waals surface area contributed by atoms with E-state index in [1.54, 1.807) is 0 Å². The Morgan fingerprint density at radius 3 is 2.43 bits per heavy atom. The Labute approximate surface area is 129 Å². The Balaban J connectivity index is 2.41. The number of rotatable bonds is 3. The number of aromatic nitrogens is 2. The highest BCUT2D eigenvalue weighted by Gasteiger charge is 2.29. The molecule has 1 aliphatic heterocycles. The van der Waals surface area contributed by atoms with Crippen molar-refractivity contribution >= 4 is 17.7 Å². The summed E-state index contributed by atoms with van der Waals surface area (Å²) in [4.78, 5) is 26.8. The van der Waals surface area contributed by atoms with Gasteiger partial charge in [0.1, 0.15) is 5.56 Å². The van der Waals surface area contributed by atoms with Crippen LogP contribution in [0.2, 0.25) is 0 Å². The Morgan fingerprint density at radius 1 is 1.29 bits per heavy atom. The van der Waals surface area contributed by atoms with Crippen molar-refractivity contribution in [2.24, 2.45) is 0 Å². The Hall–Kier alpha value is -1.30. The second-order valence-corrected chi connectivity index (χ2v) is 7.41. The van der Waals surface area contributed by atoms with Crippen LogP contribution in [0.25, 0.3) is 0 Å². The van der Waals surface area contributed by atoms with Crippen LogP contribution >= 0.6 is 11.8 Å². The van der Waals surface area contributed by atoms with Gasteiger partial charge >= 0.3 is 0 Å². The first-order chi connectivity index (χ1) is 9.97. The Kier molecular flexibility index (Phi) is 5.08. The lowest BCUT2D eigenvalue weighted by molar-refractivity contribution is 0.0750. The molecule has 116 valence electrons. The molecule has 2 atom stereocenters. The molecular formula is C15H23N3O2S. The van der Waals surface area contributed by atoms with Crippen LogP contribution in [-0.4, -0.2) is 44.6 Å². The number of aromatic amines is 1. The van der Waals surface area contributed by atoms with E-state index < -0.39 is 0 Å². The number of hydrogen-bond acceptors (Lipinski definition) is 4. The van der Waals surface area contributed by atoms with Crippen LogP contribution in [0.5, 0.6) is 0 Å². The first-order valence-corrected chi connectivity index (χ1v) is 8.47. The van der Waals surface area contributed by atoms with E-state index in [4.69, 9.17) is 0 Å². The number of nitrogens with one attached hydrogen (secondary N) is 1. The molecule has 0 aliphatic carbocycles. The lowest BCUT2D eigenvalue weighted by atomic mass is 10.0. The second kappa shape index (κ2) is 6.64. The second-order valence-electron chi connectivity index (χ2n) is 5.53. The van der Waals surface area contributed by atoms with E-state index in [1.165, 1.54) is 0 Å². The molecule has 21 heavy (non-hydrogen) atoms. The van der Waals surface area contributed by atoms with Gasteiger partial charge < -0.3 is 4.90 Å². The van der Waals surface area contributed by atoms with Crippen LogP contribution < -0.4 is 5.56 Å². The molecule has 5 nitrogen and oxygen atoms in total. The van der Waals surface area contributed by atoms with Crippen molar-refractivity contribution < 1.29 is 4.79 Å². The van der Waals surface area contributed by atoms with Crippen molar-refractivity contribution in [3.63, 3.8) is 0 Å². The van der Waals surface area contributed by atoms with Crippen molar-refractivity contribution in [2.75, 3.05) is 13.1 Å². The molecule has 2 unspecified atom stereocenters. The van der Waals surface area contributed by atoms with E-state index in [9.17, 15) is 9.59 Å². The number of hydrogen-bond donors (Lipinski definition) is 1. The third kappa shape index (κ3) is 3.31. The van der Waals surface area contributed by atoms with Crippen LogP contribution in [0.3, 0.4) is 0 Å². The number of thioether (sulfide) groups is 1. The maximum atomic E-state index is 12.8. The van der Waals surface area contributed by atoms with Gasteiger partial charge in [0, 0.05) is 23.6 Å². The van der Waals surface area contributed by atoms with Gasteiger partial charge in [-0.15, -0.1) is 0 Å². The summed E-state index contributed by atoms with van der Waals surface area (Å²) in [6.45, 7) is 9.57. The van der Waals surface area contributed by atoms with E-state index in [2.05, 4.69) is 24.0 Å². The van der Waals surface area contributed by atoms with Gasteiger partial charge in [0.25, 0.3) is 11.5 Å². The van der Waals surface area contributed by atoms with E-state index in [0.29, 0.717) is 36.4 Å². The fraction of sp³-hybridized carbons (Fsp3) is 0.667. The minimum atomic E-state index is -0.368. The molecule has 1 aliphatic rings. The molecule has 0 bridgehead atoms. The third-order valence-electron chi connectivity index (χ3n) is 3.78. The molecule has 0 saturated carbocycles. The molecule has 0 spiro atoms. The number of carbonyl (C=O) groups excluding carboxylic acids is 1. The maximum Gasteiger partial charge on any atom is 0.277 e. The van der Waals surface area contributed by atoms with Crippen molar-refractivity contribution in [1.82, 2.24) is 15.1 Å². The van der Waals surface area contributed by atoms with Gasteiger partial charge in [0.2, 0.25) is 0 Å². The molecule has 2 rings (SSSR count). The first kappa shape index (κ1) is 16.1. The number of amides is 1. The van der Waals surface area contributed by atoms with Gasteiger partial charge in [-0.05, 0) is 18.4 Å². The zero-order chi connectivity index (χ0) is 15.6. The zero-order valence-corrected chi connectivity index (χ0v) is 13.9. The molecule has 0 aromatic carbocycles. The highest BCUT2D eigenvalue weighted by atomic mass is 32.2. The van der Waals surface area contributed by atoms with E-state index >= 15 is 0 Å². The van der Waals surface area contributed by atoms with Gasteiger partial charge in [-0.1, -0.05) is 27.7 Å². The Bertz CT molecular complexity index is 575. The minimum Gasteiger partial charge on any atom is -0.336 e. The van der Waals surface area contributed by atoms with Gasteiger partial charge in [0.15, 0.2) is 0 Å². The van der Waals surface area contributed by atoms with Crippen LogP contribution in [0, 0.1) is 0 Å². The fourth-order valence-corrected chi connectivity index (χ4v) is 4.25. The summed E-state index contributed by atoms with van der Waals surface area (Å²) in [5, 5.41) is 7.35. The SMILES string of the molecule is CCc1n[nH]c(=O)c(C(=O)N2CC(C)SC(C)C2)c1CC. The zero-order valence-electron chi connectivity index (χ0n) is 13.1. The number of aryl methyl sites for hydroxylation is 1. The van der Waals surface area contributed by atoms with Gasteiger partial charge in [-0.2, -0.15) is 16.9 Å². The molecular weight excluding hydrogens is 286 g/mol. The molecule has 1 fully saturated rings. The lowest BCUT2D eigenvalue weighted by Crippen LogP contribution is -2.46. The van der Waals surface area contributed by atoms with Gasteiger partial charge in [-0.3, -0.25) is 9.59 Å². The average molecular weight is 309 g/mol. The van der Waals surface area contributed by atoms with E-state index in [1.807, 2.05) is 30.5 Å². The van der Waals surface area contributed by atoms with Crippen LogP contribution in [0.15, 0.2) is 4.79 Å². The monoisotopic (exact) mass is 309 g/mol. The molecule has 1 aromatic heterocycles. The third-order valence-corrected chi connectivity index (χ3v) is 5.01. The van der Waals surface area contributed by atoms with E-state index in [-0.39, 0.29) is 17.0 Å². The largest absolute Gasteiger partial charge is 0.336 e. The highest BCUT2D eigenvalue weighted by Crippen LogP contribution is 2.26. The predicted molar refractivity (Wildman–Crippen MR) is 86.0 cm³/mol. The summed E-state index contributed by atoms with van der Waals surface area (Å²) in [7, 11) is 0. The summed E-state index contributed by atoms with van der Waals surface area (Å²) < 4.78 is 0. The molecule has 0 radical (unpaired) electrons. The summed E-state index contributed by atoms with van der Waals surface area (Å²) in [6, 6.07) is 0. The molecule has 1 aromatic rings. The maximum absolute atomic E-state index is 12.8. The van der Waals surface area contributed by atoms with Crippen LogP contribution in [-0.2, 0) is 12.8 Å². The van der Waals surface area contributed by atoms with Crippen LogP contribution in [0.4, 0.5) is 0 Å². The summed E-state index contributed by atoms with van der Waals surface area (Å²) >= 11 is 1.89.